The van der Waals surface area contributed by atoms with Gasteiger partial charge in [0, 0.05) is 41.4 Å². The Morgan fingerprint density at radius 1 is 1.35 bits per heavy atom. The highest BCUT2D eigenvalue weighted by Gasteiger charge is 2.26. The van der Waals surface area contributed by atoms with E-state index < -0.39 is 0 Å². The Labute approximate surface area is 158 Å². The molecule has 1 atom stereocenters. The molecule has 2 nitrogen and oxygen atoms in total. The summed E-state index contributed by atoms with van der Waals surface area (Å²) in [6.07, 6.45) is 17.4. The van der Waals surface area contributed by atoms with Gasteiger partial charge in [0.25, 0.3) is 0 Å². The van der Waals surface area contributed by atoms with Crippen LogP contribution in [0.3, 0.4) is 0 Å². The molecule has 1 unspecified atom stereocenters. The Morgan fingerprint density at radius 2 is 2.12 bits per heavy atom. The van der Waals surface area contributed by atoms with Gasteiger partial charge in [-0.1, -0.05) is 51.0 Å². The van der Waals surface area contributed by atoms with Gasteiger partial charge < -0.3 is 9.47 Å². The van der Waals surface area contributed by atoms with Crippen molar-refractivity contribution in [2.45, 2.75) is 27.2 Å². The topological polar surface area (TPSA) is 8.17 Å². The number of nitrogens with zero attached hydrogens (tertiary/aromatic N) is 2. The van der Waals surface area contributed by atoms with Crippen molar-refractivity contribution in [3.05, 3.63) is 97.2 Å². The molecule has 0 N–H and O–H groups in total. The van der Waals surface area contributed by atoms with Gasteiger partial charge in [0.2, 0.25) is 0 Å². The average Bonchev–Trinajstić information content (AvgIpc) is 3.24. The molecule has 136 valence electrons. The molecule has 0 aliphatic carbocycles. The number of hydrogen-bond acceptors (Lipinski definition) is 1. The third-order valence-electron chi connectivity index (χ3n) is 4.84. The molecular formula is C24H30N2. The minimum absolute atomic E-state index is 0.325. The second kappa shape index (κ2) is 9.10. The van der Waals surface area contributed by atoms with Crippen LogP contribution in [0.5, 0.6) is 0 Å². The van der Waals surface area contributed by atoms with Crippen LogP contribution >= 0.6 is 0 Å². The predicted octanol–water partition coefficient (Wildman–Crippen LogP) is 6.42. The van der Waals surface area contributed by atoms with E-state index in [2.05, 4.69) is 79.6 Å². The van der Waals surface area contributed by atoms with Gasteiger partial charge in [0.1, 0.15) is 0 Å². The van der Waals surface area contributed by atoms with Crippen molar-refractivity contribution in [2.24, 2.45) is 5.92 Å². The Bertz CT molecular complexity index is 796. The minimum atomic E-state index is 0.325. The minimum Gasteiger partial charge on any atom is -0.348 e. The van der Waals surface area contributed by atoms with Crippen LogP contribution in [0.25, 0.3) is 11.8 Å². The van der Waals surface area contributed by atoms with Crippen LogP contribution in [-0.4, -0.2) is 16.0 Å². The van der Waals surface area contributed by atoms with Crippen molar-refractivity contribution in [1.82, 2.24) is 9.47 Å². The lowest BCUT2D eigenvalue weighted by Crippen LogP contribution is -2.19. The van der Waals surface area contributed by atoms with E-state index in [0.29, 0.717) is 5.92 Å². The summed E-state index contributed by atoms with van der Waals surface area (Å²) in [5.74, 6) is 0.325. The summed E-state index contributed by atoms with van der Waals surface area (Å²) in [5.41, 5.74) is 5.88. The fourth-order valence-electron chi connectivity index (χ4n) is 3.30. The summed E-state index contributed by atoms with van der Waals surface area (Å²) < 4.78 is 2.14. The monoisotopic (exact) mass is 346 g/mol. The van der Waals surface area contributed by atoms with Crippen LogP contribution < -0.4 is 0 Å². The smallest absolute Gasteiger partial charge is 0.0453 e. The highest BCUT2D eigenvalue weighted by atomic mass is 15.2. The zero-order valence-corrected chi connectivity index (χ0v) is 16.3. The summed E-state index contributed by atoms with van der Waals surface area (Å²) >= 11 is 0. The van der Waals surface area contributed by atoms with E-state index in [-0.39, 0.29) is 0 Å². The van der Waals surface area contributed by atoms with Crippen LogP contribution in [0.1, 0.15) is 32.9 Å². The summed E-state index contributed by atoms with van der Waals surface area (Å²) in [4.78, 5) is 2.31. The van der Waals surface area contributed by atoms with E-state index in [1.807, 2.05) is 31.2 Å². The molecule has 1 aromatic heterocycles. The quantitative estimate of drug-likeness (QED) is 0.493. The average molecular weight is 347 g/mol. The molecule has 2 rings (SSSR count). The molecule has 2 heteroatoms. The molecule has 0 spiro atoms. The lowest BCUT2D eigenvalue weighted by molar-refractivity contribution is 0.433. The van der Waals surface area contributed by atoms with Gasteiger partial charge >= 0.3 is 0 Å². The van der Waals surface area contributed by atoms with Crippen molar-refractivity contribution in [1.29, 1.82) is 0 Å². The van der Waals surface area contributed by atoms with Crippen LogP contribution in [0.15, 0.2) is 91.5 Å². The van der Waals surface area contributed by atoms with Gasteiger partial charge in [-0.25, -0.2) is 0 Å². The fraction of sp³-hybridized carbons (Fsp3) is 0.250. The first-order valence-electron chi connectivity index (χ1n) is 9.17. The molecule has 1 aliphatic heterocycles. The zero-order valence-electron chi connectivity index (χ0n) is 16.3. The zero-order chi connectivity index (χ0) is 19.1. The van der Waals surface area contributed by atoms with E-state index in [9.17, 15) is 0 Å². The highest BCUT2D eigenvalue weighted by Crippen LogP contribution is 2.33. The van der Waals surface area contributed by atoms with Gasteiger partial charge in [-0.2, -0.15) is 0 Å². The molecule has 0 amide bonds. The molecule has 0 radical (unpaired) electrons. The van der Waals surface area contributed by atoms with E-state index in [1.165, 1.54) is 11.3 Å². The molecule has 1 aliphatic rings. The molecule has 2 heterocycles. The molecule has 0 fully saturated rings. The first-order valence-corrected chi connectivity index (χ1v) is 9.17. The van der Waals surface area contributed by atoms with Crippen LogP contribution in [0.2, 0.25) is 0 Å². The molecular weight excluding hydrogens is 316 g/mol. The van der Waals surface area contributed by atoms with Crippen LogP contribution in [-0.2, 0) is 0 Å². The molecule has 0 saturated heterocycles. The second-order valence-corrected chi connectivity index (χ2v) is 6.37. The number of hydrogen-bond donors (Lipinski definition) is 0. The maximum Gasteiger partial charge on any atom is 0.0453 e. The summed E-state index contributed by atoms with van der Waals surface area (Å²) in [5, 5.41) is 0. The first-order chi connectivity index (χ1) is 12.6. The van der Waals surface area contributed by atoms with Gasteiger partial charge in [-0.3, -0.25) is 0 Å². The Kier molecular flexibility index (Phi) is 6.85. The third-order valence-corrected chi connectivity index (χ3v) is 4.84. The molecule has 0 saturated carbocycles. The van der Waals surface area contributed by atoms with E-state index >= 15 is 0 Å². The largest absolute Gasteiger partial charge is 0.348 e. The number of allylic oxidation sites excluding steroid dienone is 8. The lowest BCUT2D eigenvalue weighted by atomic mass is 10.0. The van der Waals surface area contributed by atoms with E-state index in [1.54, 1.807) is 0 Å². The van der Waals surface area contributed by atoms with E-state index in [4.69, 9.17) is 0 Å². The van der Waals surface area contributed by atoms with Crippen molar-refractivity contribution >= 4 is 11.8 Å². The van der Waals surface area contributed by atoms with Gasteiger partial charge in [-0.05, 0) is 56.2 Å². The first kappa shape index (κ1) is 19.6. The summed E-state index contributed by atoms with van der Waals surface area (Å²) in [6.45, 7) is 19.4. The van der Waals surface area contributed by atoms with Crippen LogP contribution in [0.4, 0.5) is 0 Å². The summed E-state index contributed by atoms with van der Waals surface area (Å²) in [6, 6.07) is 4.17. The second-order valence-electron chi connectivity index (χ2n) is 6.37. The third kappa shape index (κ3) is 4.08. The maximum absolute atomic E-state index is 4.20. The standard InChI is InChI=1S/C24H30N2/c1-7-11-13-22(9-3)25-17-12-14-23(25)16-15-21-18-26(19(5)8-2)20(6)24(21)10-4/h7,9-17,21H,3-5,8,18H2,1-2,6H3/b11-7+,16-15-,22-13+. The molecule has 0 aromatic carbocycles. The van der Waals surface area contributed by atoms with Gasteiger partial charge in [0.05, 0.1) is 0 Å². The van der Waals surface area contributed by atoms with Crippen LogP contribution in [0, 0.1) is 5.92 Å². The predicted molar refractivity (Wildman–Crippen MR) is 115 cm³/mol. The Balaban J connectivity index is 2.29. The van der Waals surface area contributed by atoms with Crippen molar-refractivity contribution in [2.75, 3.05) is 6.54 Å². The summed E-state index contributed by atoms with van der Waals surface area (Å²) in [7, 11) is 0. The number of aromatic nitrogens is 1. The SMILES string of the molecule is C=CC1=C(C)N(C(=C)CC)CC1/C=C\c1cccn1/C(C=C)=C/C=C/C. The van der Waals surface area contributed by atoms with E-state index in [0.717, 1.165) is 30.1 Å². The van der Waals surface area contributed by atoms with Gasteiger partial charge in [0.15, 0.2) is 0 Å². The Morgan fingerprint density at radius 3 is 2.73 bits per heavy atom. The normalized spacial score (nSPS) is 18.3. The van der Waals surface area contributed by atoms with Crippen molar-refractivity contribution in [3.8, 4) is 0 Å². The highest BCUT2D eigenvalue weighted by molar-refractivity contribution is 5.64. The molecule has 0 bridgehead atoms. The lowest BCUT2D eigenvalue weighted by Gasteiger charge is -2.22. The van der Waals surface area contributed by atoms with Crippen molar-refractivity contribution in [3.63, 3.8) is 0 Å². The molecule has 26 heavy (non-hydrogen) atoms. The number of rotatable bonds is 8. The maximum atomic E-state index is 4.20. The Hall–Kier alpha value is -2.74. The van der Waals surface area contributed by atoms with Gasteiger partial charge in [-0.15, -0.1) is 0 Å². The molecule has 1 aromatic rings. The van der Waals surface area contributed by atoms with Crippen molar-refractivity contribution < 1.29 is 0 Å². The fourth-order valence-corrected chi connectivity index (χ4v) is 3.30.